The third-order valence-corrected chi connectivity index (χ3v) is 4.78. The number of oxime groups is 1. The minimum atomic E-state index is -3.44. The number of rotatable bonds is 7. The van der Waals surface area contributed by atoms with Gasteiger partial charge in [0.25, 0.3) is 0 Å². The Balaban J connectivity index is 3.02. The summed E-state index contributed by atoms with van der Waals surface area (Å²) in [6.45, 7) is 3.85. The Morgan fingerprint density at radius 1 is 1.35 bits per heavy atom. The normalized spacial score (nSPS) is 12.7. The molecule has 0 saturated heterocycles. The van der Waals surface area contributed by atoms with E-state index in [2.05, 4.69) is 5.16 Å². The van der Waals surface area contributed by atoms with Gasteiger partial charge >= 0.3 is 0 Å². The van der Waals surface area contributed by atoms with Crippen molar-refractivity contribution in [3.63, 3.8) is 0 Å². The summed E-state index contributed by atoms with van der Waals surface area (Å²) in [5.74, 6) is 0.0821. The standard InChI is InChI=1S/C13H21N3O3S/c1-11(2)10-20(18,19)16(9-8-13(14)15-17)12-6-4-3-5-7-12/h3-7,11,17H,8-10H2,1-2H3,(H2,14,15). The van der Waals surface area contributed by atoms with Crippen LogP contribution in [-0.2, 0) is 10.0 Å². The second kappa shape index (κ2) is 7.14. The van der Waals surface area contributed by atoms with Crippen LogP contribution in [-0.4, -0.2) is 31.8 Å². The number of para-hydroxylation sites is 1. The number of amidine groups is 1. The molecule has 112 valence electrons. The second-order valence-electron chi connectivity index (χ2n) is 4.92. The van der Waals surface area contributed by atoms with E-state index in [1.54, 1.807) is 24.3 Å². The molecule has 0 aliphatic heterocycles. The number of hydrogen-bond donors (Lipinski definition) is 2. The van der Waals surface area contributed by atoms with Gasteiger partial charge in [-0.05, 0) is 18.1 Å². The highest BCUT2D eigenvalue weighted by Gasteiger charge is 2.23. The van der Waals surface area contributed by atoms with Gasteiger partial charge in [0.05, 0.1) is 11.4 Å². The minimum Gasteiger partial charge on any atom is -0.409 e. The largest absolute Gasteiger partial charge is 0.409 e. The SMILES string of the molecule is CC(C)CS(=O)(=O)N(CCC(N)=NO)c1ccccc1. The molecule has 3 N–H and O–H groups in total. The Kier molecular flexibility index (Phi) is 5.82. The molecule has 6 nitrogen and oxygen atoms in total. The molecule has 0 fully saturated rings. The van der Waals surface area contributed by atoms with E-state index in [1.165, 1.54) is 4.31 Å². The summed E-state index contributed by atoms with van der Waals surface area (Å²) in [5, 5.41) is 11.4. The molecule has 0 radical (unpaired) electrons. The Bertz CT molecular complexity index is 541. The average Bonchev–Trinajstić information content (AvgIpc) is 2.38. The molecule has 0 aliphatic rings. The zero-order valence-corrected chi connectivity index (χ0v) is 12.5. The highest BCUT2D eigenvalue weighted by atomic mass is 32.2. The molecule has 1 aromatic rings. The van der Waals surface area contributed by atoms with E-state index in [4.69, 9.17) is 10.9 Å². The number of anilines is 1. The van der Waals surface area contributed by atoms with Crippen LogP contribution in [0.2, 0.25) is 0 Å². The number of benzene rings is 1. The number of nitrogens with two attached hydrogens (primary N) is 1. The van der Waals surface area contributed by atoms with Gasteiger partial charge in [0.15, 0.2) is 0 Å². The summed E-state index contributed by atoms with van der Waals surface area (Å²) in [7, 11) is -3.44. The van der Waals surface area contributed by atoms with Crippen LogP contribution in [0.1, 0.15) is 20.3 Å². The third-order valence-electron chi connectivity index (χ3n) is 2.62. The molecule has 0 unspecified atom stereocenters. The summed E-state index contributed by atoms with van der Waals surface area (Å²) in [6.07, 6.45) is 0.169. The average molecular weight is 299 g/mol. The maximum atomic E-state index is 12.4. The molecule has 0 bridgehead atoms. The predicted molar refractivity (Wildman–Crippen MR) is 80.4 cm³/mol. The summed E-state index contributed by atoms with van der Waals surface area (Å²) in [5.41, 5.74) is 6.00. The maximum absolute atomic E-state index is 12.4. The molecule has 0 aliphatic carbocycles. The fourth-order valence-electron chi connectivity index (χ4n) is 1.80. The lowest BCUT2D eigenvalue weighted by atomic mass is 10.3. The van der Waals surface area contributed by atoms with Crippen molar-refractivity contribution in [3.8, 4) is 0 Å². The first kappa shape index (κ1) is 16.3. The van der Waals surface area contributed by atoms with Gasteiger partial charge in [-0.15, -0.1) is 0 Å². The Labute approximate surface area is 119 Å². The highest BCUT2D eigenvalue weighted by molar-refractivity contribution is 7.92. The first-order chi connectivity index (χ1) is 9.36. The molecular weight excluding hydrogens is 278 g/mol. The third kappa shape index (κ3) is 4.73. The molecule has 0 aromatic heterocycles. The van der Waals surface area contributed by atoms with Gasteiger partial charge in [-0.2, -0.15) is 0 Å². The van der Waals surface area contributed by atoms with Crippen LogP contribution in [0, 0.1) is 5.92 Å². The fraction of sp³-hybridized carbons (Fsp3) is 0.462. The molecule has 7 heteroatoms. The van der Waals surface area contributed by atoms with Gasteiger partial charge in [0, 0.05) is 13.0 Å². The molecule has 0 saturated carbocycles. The van der Waals surface area contributed by atoms with Gasteiger partial charge < -0.3 is 10.9 Å². The van der Waals surface area contributed by atoms with Crippen molar-refractivity contribution in [2.24, 2.45) is 16.8 Å². The van der Waals surface area contributed by atoms with Gasteiger partial charge in [-0.1, -0.05) is 37.2 Å². The fourth-order valence-corrected chi connectivity index (χ4v) is 3.64. The molecule has 0 heterocycles. The number of sulfonamides is 1. The number of nitrogens with zero attached hydrogens (tertiary/aromatic N) is 2. The maximum Gasteiger partial charge on any atom is 0.235 e. The van der Waals surface area contributed by atoms with Crippen molar-refractivity contribution in [2.75, 3.05) is 16.6 Å². The van der Waals surface area contributed by atoms with Crippen LogP contribution in [0.25, 0.3) is 0 Å². The Morgan fingerprint density at radius 2 is 1.95 bits per heavy atom. The summed E-state index contributed by atoms with van der Waals surface area (Å²) < 4.78 is 26.2. The van der Waals surface area contributed by atoms with E-state index in [0.29, 0.717) is 5.69 Å². The van der Waals surface area contributed by atoms with Crippen LogP contribution < -0.4 is 10.0 Å². The van der Waals surface area contributed by atoms with Crippen LogP contribution in [0.3, 0.4) is 0 Å². The van der Waals surface area contributed by atoms with E-state index in [1.807, 2.05) is 19.9 Å². The molecule has 0 amide bonds. The Morgan fingerprint density at radius 3 is 2.45 bits per heavy atom. The quantitative estimate of drug-likeness (QED) is 0.346. The number of hydrogen-bond acceptors (Lipinski definition) is 4. The Hall–Kier alpha value is -1.76. The van der Waals surface area contributed by atoms with Crippen LogP contribution in [0.15, 0.2) is 35.5 Å². The first-order valence-electron chi connectivity index (χ1n) is 6.38. The molecule has 0 atom stereocenters. The van der Waals surface area contributed by atoms with E-state index < -0.39 is 10.0 Å². The van der Waals surface area contributed by atoms with Crippen molar-refractivity contribution in [1.29, 1.82) is 0 Å². The second-order valence-corrected chi connectivity index (χ2v) is 6.86. The van der Waals surface area contributed by atoms with Gasteiger partial charge in [-0.25, -0.2) is 8.42 Å². The first-order valence-corrected chi connectivity index (χ1v) is 7.99. The smallest absolute Gasteiger partial charge is 0.235 e. The topological polar surface area (TPSA) is 96.0 Å². The zero-order valence-electron chi connectivity index (χ0n) is 11.7. The van der Waals surface area contributed by atoms with E-state index in [9.17, 15) is 8.42 Å². The van der Waals surface area contributed by atoms with Crippen molar-refractivity contribution in [3.05, 3.63) is 30.3 Å². The molecule has 20 heavy (non-hydrogen) atoms. The van der Waals surface area contributed by atoms with E-state index >= 15 is 0 Å². The van der Waals surface area contributed by atoms with Gasteiger partial charge in [0.1, 0.15) is 5.84 Å². The summed E-state index contributed by atoms with van der Waals surface area (Å²) in [4.78, 5) is 0. The van der Waals surface area contributed by atoms with Crippen molar-refractivity contribution in [1.82, 2.24) is 0 Å². The summed E-state index contributed by atoms with van der Waals surface area (Å²) >= 11 is 0. The van der Waals surface area contributed by atoms with Crippen LogP contribution >= 0.6 is 0 Å². The van der Waals surface area contributed by atoms with E-state index in [0.717, 1.165) is 0 Å². The van der Waals surface area contributed by atoms with E-state index in [-0.39, 0.29) is 30.5 Å². The lowest BCUT2D eigenvalue weighted by Gasteiger charge is -2.25. The molecule has 1 rings (SSSR count). The monoisotopic (exact) mass is 299 g/mol. The summed E-state index contributed by atoms with van der Waals surface area (Å²) in [6, 6.07) is 8.82. The lowest BCUT2D eigenvalue weighted by Crippen LogP contribution is -2.37. The van der Waals surface area contributed by atoms with Crippen molar-refractivity contribution in [2.45, 2.75) is 20.3 Å². The van der Waals surface area contributed by atoms with Gasteiger partial charge in [0.2, 0.25) is 10.0 Å². The highest BCUT2D eigenvalue weighted by Crippen LogP contribution is 2.19. The zero-order chi connectivity index (χ0) is 15.2. The predicted octanol–water partition coefficient (Wildman–Crippen LogP) is 1.62. The minimum absolute atomic E-state index is 0.00526. The van der Waals surface area contributed by atoms with Crippen molar-refractivity contribution < 1.29 is 13.6 Å². The molecule has 1 aromatic carbocycles. The lowest BCUT2D eigenvalue weighted by molar-refractivity contribution is 0.317. The molecular formula is C13H21N3O3S. The van der Waals surface area contributed by atoms with Gasteiger partial charge in [-0.3, -0.25) is 4.31 Å². The molecule has 0 spiro atoms. The van der Waals surface area contributed by atoms with Crippen molar-refractivity contribution >= 4 is 21.5 Å². The van der Waals surface area contributed by atoms with Crippen LogP contribution in [0.4, 0.5) is 5.69 Å². The van der Waals surface area contributed by atoms with Crippen LogP contribution in [0.5, 0.6) is 0 Å².